The predicted molar refractivity (Wildman–Crippen MR) is 166 cm³/mol. The van der Waals surface area contributed by atoms with Gasteiger partial charge in [0.05, 0.1) is 5.69 Å². The van der Waals surface area contributed by atoms with Gasteiger partial charge in [-0.25, -0.2) is 0 Å². The molecular formula is C30H44N2O3S3. The number of thioether (sulfide) groups is 2. The first kappa shape index (κ1) is 31.0. The quantitative estimate of drug-likeness (QED) is 0.100. The summed E-state index contributed by atoms with van der Waals surface area (Å²) < 4.78 is 0.318. The van der Waals surface area contributed by atoms with E-state index in [0.717, 1.165) is 28.6 Å². The van der Waals surface area contributed by atoms with Crippen LogP contribution >= 0.6 is 35.7 Å². The van der Waals surface area contributed by atoms with Gasteiger partial charge in [0.25, 0.3) is 5.91 Å². The Bertz CT molecular complexity index is 966. The first-order chi connectivity index (χ1) is 18.5. The van der Waals surface area contributed by atoms with Crippen LogP contribution in [0.2, 0.25) is 0 Å². The Balaban J connectivity index is 1.35. The number of carbonyl (C=O) groups is 2. The van der Waals surface area contributed by atoms with Gasteiger partial charge in [0.2, 0.25) is 0 Å². The van der Waals surface area contributed by atoms with Gasteiger partial charge in [-0.1, -0.05) is 151 Å². The maximum absolute atomic E-state index is 13.0. The Hall–Kier alpha value is -1.51. The Morgan fingerprint density at radius 2 is 1.32 bits per heavy atom. The van der Waals surface area contributed by atoms with Crippen molar-refractivity contribution in [2.75, 3.05) is 18.0 Å². The number of amides is 1. The van der Waals surface area contributed by atoms with Crippen LogP contribution in [-0.2, 0) is 9.59 Å². The van der Waals surface area contributed by atoms with Crippen LogP contribution in [0.4, 0.5) is 5.69 Å². The molecule has 1 aromatic carbocycles. The third-order valence-corrected chi connectivity index (χ3v) is 9.93. The van der Waals surface area contributed by atoms with Gasteiger partial charge in [-0.2, -0.15) is 0 Å². The molecule has 210 valence electrons. The van der Waals surface area contributed by atoms with Crippen LogP contribution in [0.3, 0.4) is 0 Å². The normalized spacial score (nSPS) is 17.1. The number of hydrogen-bond acceptors (Lipinski definition) is 6. The standard InChI is InChI=1S/C30H44N2O3S3/c1-2-3-4-5-6-7-8-9-10-11-12-13-14-15-16-19-22-31-24-20-17-18-21-25(24)37-29(31)27-28(35)32(23-26(33)34)30(36)38-27/h17-18,20-21H,2-16,19,22-23H2,1H3,(H,33,34)/b29-27+. The minimum Gasteiger partial charge on any atom is -0.480 e. The number of nitrogens with zero attached hydrogens (tertiary/aromatic N) is 2. The van der Waals surface area contributed by atoms with Crippen molar-refractivity contribution in [2.24, 2.45) is 0 Å². The van der Waals surface area contributed by atoms with Crippen LogP contribution in [-0.4, -0.2) is 39.3 Å². The molecule has 0 radical (unpaired) electrons. The molecule has 0 unspecified atom stereocenters. The molecule has 0 bridgehead atoms. The van der Waals surface area contributed by atoms with E-state index in [9.17, 15) is 9.59 Å². The van der Waals surface area contributed by atoms with Crippen LogP contribution in [0.5, 0.6) is 0 Å². The summed E-state index contributed by atoms with van der Waals surface area (Å²) in [4.78, 5) is 29.3. The smallest absolute Gasteiger partial charge is 0.323 e. The number of aliphatic carboxylic acids is 1. The molecule has 3 rings (SSSR count). The summed E-state index contributed by atoms with van der Waals surface area (Å²) in [5.41, 5.74) is 1.12. The molecule has 5 nitrogen and oxygen atoms in total. The average Bonchev–Trinajstić information content (AvgIpc) is 3.40. The predicted octanol–water partition coefficient (Wildman–Crippen LogP) is 8.97. The van der Waals surface area contributed by atoms with Crippen LogP contribution in [0.1, 0.15) is 110 Å². The topological polar surface area (TPSA) is 60.9 Å². The number of rotatable bonds is 19. The SMILES string of the molecule is CCCCCCCCCCCCCCCCCCN1/C(=C2\SC(=S)N(CC(=O)O)C2=O)Sc2ccccc21. The van der Waals surface area contributed by atoms with Crippen molar-refractivity contribution < 1.29 is 14.7 Å². The molecule has 0 atom stereocenters. The summed E-state index contributed by atoms with van der Waals surface area (Å²) >= 11 is 8.13. The largest absolute Gasteiger partial charge is 0.480 e. The van der Waals surface area contributed by atoms with E-state index in [2.05, 4.69) is 24.0 Å². The number of anilines is 1. The fourth-order valence-electron chi connectivity index (χ4n) is 5.04. The lowest BCUT2D eigenvalue weighted by Crippen LogP contribution is -2.33. The number of thiocarbonyl (C=S) groups is 1. The van der Waals surface area contributed by atoms with Crippen molar-refractivity contribution in [3.05, 3.63) is 34.2 Å². The molecule has 8 heteroatoms. The molecule has 0 aromatic heterocycles. The van der Waals surface area contributed by atoms with E-state index in [0.29, 0.717) is 9.23 Å². The van der Waals surface area contributed by atoms with Gasteiger partial charge in [0.1, 0.15) is 20.8 Å². The number of unbranched alkanes of at least 4 members (excludes halogenated alkanes) is 15. The molecule has 0 saturated carbocycles. The Morgan fingerprint density at radius 1 is 0.789 bits per heavy atom. The highest BCUT2D eigenvalue weighted by Gasteiger charge is 2.39. The van der Waals surface area contributed by atoms with Crippen LogP contribution in [0.15, 0.2) is 39.1 Å². The van der Waals surface area contributed by atoms with E-state index >= 15 is 0 Å². The Morgan fingerprint density at radius 3 is 1.87 bits per heavy atom. The number of carbonyl (C=O) groups excluding carboxylic acids is 1. The molecule has 1 fully saturated rings. The Labute approximate surface area is 243 Å². The molecule has 0 spiro atoms. The first-order valence-electron chi connectivity index (χ1n) is 14.6. The van der Waals surface area contributed by atoms with E-state index < -0.39 is 12.5 Å². The molecule has 2 heterocycles. The van der Waals surface area contributed by atoms with E-state index in [1.807, 2.05) is 12.1 Å². The average molecular weight is 577 g/mol. The fourth-order valence-corrected chi connectivity index (χ4v) is 7.63. The Kier molecular flexibility index (Phi) is 14.1. The minimum atomic E-state index is -1.06. The van der Waals surface area contributed by atoms with Gasteiger partial charge >= 0.3 is 5.97 Å². The highest BCUT2D eigenvalue weighted by molar-refractivity contribution is 8.27. The lowest BCUT2D eigenvalue weighted by atomic mass is 10.0. The zero-order valence-electron chi connectivity index (χ0n) is 22.9. The number of para-hydroxylation sites is 1. The third-order valence-electron chi connectivity index (χ3n) is 7.18. The zero-order valence-corrected chi connectivity index (χ0v) is 25.4. The van der Waals surface area contributed by atoms with Crippen LogP contribution in [0.25, 0.3) is 0 Å². The van der Waals surface area contributed by atoms with E-state index in [1.165, 1.54) is 113 Å². The molecule has 2 aliphatic heterocycles. The third kappa shape index (κ3) is 9.60. The van der Waals surface area contributed by atoms with Crippen molar-refractivity contribution in [1.29, 1.82) is 0 Å². The summed E-state index contributed by atoms with van der Waals surface area (Å²) in [6.45, 7) is 2.73. The van der Waals surface area contributed by atoms with E-state index in [1.54, 1.807) is 11.8 Å². The van der Waals surface area contributed by atoms with Crippen molar-refractivity contribution in [2.45, 2.75) is 115 Å². The van der Waals surface area contributed by atoms with E-state index in [4.69, 9.17) is 17.3 Å². The van der Waals surface area contributed by atoms with Crippen molar-refractivity contribution in [3.8, 4) is 0 Å². The lowest BCUT2D eigenvalue weighted by Gasteiger charge is -2.21. The van der Waals surface area contributed by atoms with Gasteiger partial charge in [0, 0.05) is 11.4 Å². The summed E-state index contributed by atoms with van der Waals surface area (Å²) in [6.07, 6.45) is 21.5. The fraction of sp³-hybridized carbons (Fsp3) is 0.633. The molecule has 1 amide bonds. The van der Waals surface area contributed by atoms with Crippen LogP contribution in [0, 0.1) is 0 Å². The second-order valence-electron chi connectivity index (χ2n) is 10.3. The molecule has 38 heavy (non-hydrogen) atoms. The maximum Gasteiger partial charge on any atom is 0.323 e. The van der Waals surface area contributed by atoms with Gasteiger partial charge < -0.3 is 10.0 Å². The molecular weight excluding hydrogens is 533 g/mol. The van der Waals surface area contributed by atoms with Gasteiger partial charge in [-0.05, 0) is 18.6 Å². The van der Waals surface area contributed by atoms with Gasteiger partial charge in [0.15, 0.2) is 0 Å². The van der Waals surface area contributed by atoms with Crippen molar-refractivity contribution in [3.63, 3.8) is 0 Å². The molecule has 1 saturated heterocycles. The van der Waals surface area contributed by atoms with Crippen LogP contribution < -0.4 is 4.90 Å². The van der Waals surface area contributed by atoms with Gasteiger partial charge in [-0.15, -0.1) is 0 Å². The molecule has 1 aromatic rings. The number of hydrogen-bond donors (Lipinski definition) is 1. The number of fused-ring (bicyclic) bond motifs is 1. The highest BCUT2D eigenvalue weighted by atomic mass is 32.2. The summed E-state index contributed by atoms with van der Waals surface area (Å²) in [7, 11) is 0. The second-order valence-corrected chi connectivity index (χ2v) is 13.0. The summed E-state index contributed by atoms with van der Waals surface area (Å²) in [6, 6.07) is 8.21. The first-order valence-corrected chi connectivity index (χ1v) is 16.6. The summed E-state index contributed by atoms with van der Waals surface area (Å²) in [5, 5.41) is 10.1. The molecule has 1 N–H and O–H groups in total. The monoisotopic (exact) mass is 576 g/mol. The van der Waals surface area contributed by atoms with Gasteiger partial charge in [-0.3, -0.25) is 14.5 Å². The maximum atomic E-state index is 13.0. The lowest BCUT2D eigenvalue weighted by molar-refractivity contribution is -0.140. The van der Waals surface area contributed by atoms with Crippen molar-refractivity contribution >= 4 is 57.6 Å². The second kappa shape index (κ2) is 17.2. The van der Waals surface area contributed by atoms with Crippen molar-refractivity contribution in [1.82, 2.24) is 4.90 Å². The molecule has 2 aliphatic rings. The van der Waals surface area contributed by atoms with E-state index in [-0.39, 0.29) is 5.91 Å². The highest BCUT2D eigenvalue weighted by Crippen LogP contribution is 2.50. The number of carboxylic acid groups (broad SMARTS) is 1. The zero-order chi connectivity index (χ0) is 27.2. The molecule has 0 aliphatic carbocycles. The summed E-state index contributed by atoms with van der Waals surface area (Å²) in [5.74, 6) is -1.35. The number of benzene rings is 1. The minimum absolute atomic E-state index is 0.297. The number of carboxylic acids is 1.